The van der Waals surface area contributed by atoms with Crippen LogP contribution in [0.1, 0.15) is 36.1 Å². The highest BCUT2D eigenvalue weighted by Gasteiger charge is 2.53. The number of hydrogen-bond acceptors (Lipinski definition) is 5. The molecule has 5 heteroatoms. The van der Waals surface area contributed by atoms with E-state index in [0.717, 1.165) is 77.7 Å². The summed E-state index contributed by atoms with van der Waals surface area (Å²) in [7, 11) is 0. The van der Waals surface area contributed by atoms with Crippen molar-refractivity contribution >= 4 is 10.8 Å². The first kappa shape index (κ1) is 40.8. The Hall–Kier alpha value is -9.59. The Morgan fingerprint density at radius 1 is 0.492 bits per heavy atom. The molecule has 1 heterocycles. The lowest BCUT2D eigenvalue weighted by Crippen LogP contribution is -2.26. The molecule has 2 aliphatic carbocycles. The van der Waals surface area contributed by atoms with E-state index in [1.54, 1.807) is 13.8 Å². The minimum absolute atomic E-state index is 0.0217. The molecule has 9 rings (SSSR count). The maximum atomic E-state index is 6.35. The molecule has 0 radical (unpaired) electrons. The second-order valence-corrected chi connectivity index (χ2v) is 14.6. The van der Waals surface area contributed by atoms with Crippen LogP contribution in [-0.4, -0.2) is 18.2 Å². The van der Waals surface area contributed by atoms with Crippen LogP contribution in [-0.2, 0) is 5.41 Å². The summed E-state index contributed by atoms with van der Waals surface area (Å²) >= 11 is 0. The summed E-state index contributed by atoms with van der Waals surface area (Å²) in [4.78, 5) is 4.82. The summed E-state index contributed by atoms with van der Waals surface area (Å²) in [5.41, 5.74) is 11.0. The van der Waals surface area contributed by atoms with Crippen LogP contribution < -0.4 is 18.9 Å². The van der Waals surface area contributed by atoms with Crippen molar-refractivity contribution in [3.63, 3.8) is 0 Å². The smallest absolute Gasteiger partial charge is 0.184 e. The summed E-state index contributed by atoms with van der Waals surface area (Å²) < 4.78 is 24.8. The predicted molar refractivity (Wildman–Crippen MR) is 257 cm³/mol. The average Bonchev–Trinajstić information content (AvgIpc) is 3.79. The lowest BCUT2D eigenvalue weighted by atomic mass is 9.70. The SMILES string of the molecule is C#CC#CCOc1cc2c(cc1OCC#CC#C)C1(c3ccccc3-c3cc(-c4cccc(-c5nccc6ccccc56)c4)ccc31)c1cc(OC#CC#CC)c(OC#CC#CC)cc1-2. The normalized spacial score (nSPS) is 12.5. The van der Waals surface area contributed by atoms with E-state index in [1.165, 1.54) is 0 Å². The van der Waals surface area contributed by atoms with Crippen LogP contribution in [0.25, 0.3) is 55.4 Å². The number of rotatable bonds is 8. The highest BCUT2D eigenvalue weighted by Crippen LogP contribution is 2.65. The van der Waals surface area contributed by atoms with Crippen LogP contribution in [0.4, 0.5) is 0 Å². The number of ether oxygens (including phenoxy) is 4. The molecule has 2 aliphatic rings. The molecule has 1 unspecified atom stereocenters. The molecule has 302 valence electrons. The van der Waals surface area contributed by atoms with Gasteiger partial charge in [-0.15, -0.1) is 12.8 Å². The van der Waals surface area contributed by atoms with E-state index in [9.17, 15) is 0 Å². The molecule has 5 nitrogen and oxygen atoms in total. The fourth-order valence-corrected chi connectivity index (χ4v) is 8.70. The zero-order chi connectivity index (χ0) is 44.6. The first-order valence-electron chi connectivity index (χ1n) is 20.5. The van der Waals surface area contributed by atoms with E-state index in [1.807, 2.05) is 48.7 Å². The highest BCUT2D eigenvalue weighted by molar-refractivity contribution is 5.98. The fraction of sp³-hybridized carbons (Fsp3) is 0.0833. The van der Waals surface area contributed by atoms with Gasteiger partial charge in [0.25, 0.3) is 0 Å². The van der Waals surface area contributed by atoms with Crippen LogP contribution in [0.2, 0.25) is 0 Å². The topological polar surface area (TPSA) is 49.8 Å². The summed E-state index contributed by atoms with van der Waals surface area (Å²) in [6.07, 6.45) is 18.2. The standard InChI is InChI=1S/C60H33NO4/c1-5-9-17-32-62-55-38-49-50-39-56(63-33-18-10-6-2)58(65-35-20-12-8-4)41-54(50)60(53(49)40-57(55)64-34-19-11-7-3)51-27-16-15-26-47(51)48-37-44(28-29-52(48)60)43-23-21-24-45(36-43)59-46-25-14-13-22-42(46)30-31-61-59/h1,3,13-16,21-31,36-41H,32,34H2,2,4H3. The Balaban J connectivity index is 1.29. The van der Waals surface area contributed by atoms with E-state index in [-0.39, 0.29) is 13.2 Å². The summed E-state index contributed by atoms with van der Waals surface area (Å²) in [6, 6.07) is 41.9. The average molecular weight is 832 g/mol. The second kappa shape index (κ2) is 18.2. The van der Waals surface area contributed by atoms with E-state index >= 15 is 0 Å². The van der Waals surface area contributed by atoms with Gasteiger partial charge in [-0.05, 0) is 165 Å². The molecule has 0 N–H and O–H groups in total. The summed E-state index contributed by atoms with van der Waals surface area (Å²) in [5.74, 6) is 33.8. The summed E-state index contributed by atoms with van der Waals surface area (Å²) in [6.45, 7) is 3.46. The lowest BCUT2D eigenvalue weighted by Gasteiger charge is -2.31. The van der Waals surface area contributed by atoms with Gasteiger partial charge in [0, 0.05) is 29.0 Å². The van der Waals surface area contributed by atoms with Gasteiger partial charge in [-0.1, -0.05) is 90.7 Å². The lowest BCUT2D eigenvalue weighted by molar-refractivity contribution is 0.314. The quantitative estimate of drug-likeness (QED) is 0.143. The van der Waals surface area contributed by atoms with Crippen molar-refractivity contribution < 1.29 is 18.9 Å². The van der Waals surface area contributed by atoms with E-state index in [4.69, 9.17) is 36.8 Å². The van der Waals surface area contributed by atoms with Gasteiger partial charge in [-0.25, -0.2) is 0 Å². The van der Waals surface area contributed by atoms with Gasteiger partial charge in [-0.2, -0.15) is 0 Å². The van der Waals surface area contributed by atoms with Crippen LogP contribution in [0.15, 0.2) is 128 Å². The minimum Gasteiger partial charge on any atom is -0.477 e. The Morgan fingerprint density at radius 3 is 1.80 bits per heavy atom. The summed E-state index contributed by atoms with van der Waals surface area (Å²) in [5, 5.41) is 2.23. The molecule has 0 amide bonds. The molecule has 0 fully saturated rings. The van der Waals surface area contributed by atoms with Gasteiger partial charge in [0.2, 0.25) is 0 Å². The number of pyridine rings is 1. The molecule has 0 saturated heterocycles. The molecule has 7 aromatic rings. The number of benzene rings is 6. The third-order valence-corrected chi connectivity index (χ3v) is 11.2. The minimum atomic E-state index is -0.888. The van der Waals surface area contributed by atoms with E-state index in [0.29, 0.717) is 23.0 Å². The van der Waals surface area contributed by atoms with Gasteiger partial charge in [-0.3, -0.25) is 4.98 Å². The predicted octanol–water partition coefficient (Wildman–Crippen LogP) is 10.7. The van der Waals surface area contributed by atoms with Crippen molar-refractivity contribution in [1.29, 1.82) is 0 Å². The van der Waals surface area contributed by atoms with Crippen LogP contribution in [0.5, 0.6) is 23.0 Å². The van der Waals surface area contributed by atoms with Gasteiger partial charge < -0.3 is 18.9 Å². The molecular formula is C60H33NO4. The second-order valence-electron chi connectivity index (χ2n) is 14.6. The van der Waals surface area contributed by atoms with Crippen LogP contribution in [0, 0.1) is 96.1 Å². The Kier molecular flexibility index (Phi) is 11.4. The van der Waals surface area contributed by atoms with Crippen molar-refractivity contribution in [3.05, 3.63) is 150 Å². The Morgan fingerprint density at radius 2 is 1.08 bits per heavy atom. The fourth-order valence-electron chi connectivity index (χ4n) is 8.70. The van der Waals surface area contributed by atoms with Crippen LogP contribution >= 0.6 is 0 Å². The van der Waals surface area contributed by atoms with Crippen molar-refractivity contribution in [1.82, 2.24) is 4.98 Å². The molecule has 0 aliphatic heterocycles. The van der Waals surface area contributed by atoms with Crippen molar-refractivity contribution in [3.8, 4) is 164 Å². The van der Waals surface area contributed by atoms with Crippen LogP contribution in [0.3, 0.4) is 0 Å². The van der Waals surface area contributed by atoms with Gasteiger partial charge in [0.05, 0.1) is 11.1 Å². The Labute approximate surface area is 379 Å². The molecule has 1 aromatic heterocycles. The number of nitrogens with zero attached hydrogens (tertiary/aromatic N) is 1. The monoisotopic (exact) mass is 831 g/mol. The molecule has 6 aromatic carbocycles. The van der Waals surface area contributed by atoms with Gasteiger partial charge in [0.15, 0.2) is 23.0 Å². The van der Waals surface area contributed by atoms with Gasteiger partial charge >= 0.3 is 0 Å². The molecule has 0 saturated carbocycles. The highest BCUT2D eigenvalue weighted by atomic mass is 16.5. The third-order valence-electron chi connectivity index (χ3n) is 11.2. The molecule has 1 spiro atoms. The number of terminal acetylenes is 2. The molecule has 1 atom stereocenters. The van der Waals surface area contributed by atoms with E-state index in [2.05, 4.69) is 162 Å². The van der Waals surface area contributed by atoms with Crippen molar-refractivity contribution in [2.45, 2.75) is 19.3 Å². The molecule has 65 heavy (non-hydrogen) atoms. The zero-order valence-corrected chi connectivity index (χ0v) is 35.3. The number of hydrogen-bond donors (Lipinski definition) is 0. The maximum Gasteiger partial charge on any atom is 0.184 e. The zero-order valence-electron chi connectivity index (χ0n) is 35.3. The van der Waals surface area contributed by atoms with Crippen molar-refractivity contribution in [2.75, 3.05) is 13.2 Å². The van der Waals surface area contributed by atoms with Gasteiger partial charge in [0.1, 0.15) is 25.4 Å². The molecule has 0 bridgehead atoms. The molecular weight excluding hydrogens is 799 g/mol. The Bertz CT molecular complexity index is 3600. The number of aromatic nitrogens is 1. The number of fused-ring (bicyclic) bond motifs is 11. The van der Waals surface area contributed by atoms with E-state index < -0.39 is 5.41 Å². The largest absolute Gasteiger partial charge is 0.477 e. The third kappa shape index (κ3) is 7.47. The maximum absolute atomic E-state index is 6.35. The first-order chi connectivity index (χ1) is 32.1. The van der Waals surface area contributed by atoms with Crippen molar-refractivity contribution in [2.24, 2.45) is 0 Å². The first-order valence-corrected chi connectivity index (χ1v) is 20.5.